The number of carbonyl (C=O) groups is 1. The van der Waals surface area contributed by atoms with Crippen molar-refractivity contribution in [3.63, 3.8) is 0 Å². The summed E-state index contributed by atoms with van der Waals surface area (Å²) in [6.07, 6.45) is 1.67. The van der Waals surface area contributed by atoms with E-state index in [1.54, 1.807) is 35.7 Å². The second kappa shape index (κ2) is 6.13. The molecule has 0 fully saturated rings. The van der Waals surface area contributed by atoms with Gasteiger partial charge in [0.05, 0.1) is 12.2 Å². The van der Waals surface area contributed by atoms with Crippen LogP contribution in [0.2, 0.25) is 0 Å². The van der Waals surface area contributed by atoms with Crippen LogP contribution < -0.4 is 5.32 Å². The lowest BCUT2D eigenvalue weighted by Gasteiger charge is -2.08. The first-order valence-corrected chi connectivity index (χ1v) is 7.06. The van der Waals surface area contributed by atoms with Gasteiger partial charge in [0.2, 0.25) is 0 Å². The van der Waals surface area contributed by atoms with E-state index in [0.717, 1.165) is 0 Å². The molecule has 1 aromatic carbocycles. The first-order valence-electron chi connectivity index (χ1n) is 7.06. The molecule has 0 bridgehead atoms. The molecule has 23 heavy (non-hydrogen) atoms. The summed E-state index contributed by atoms with van der Waals surface area (Å²) in [5.74, 6) is -0.0215. The molecule has 2 heterocycles. The van der Waals surface area contributed by atoms with E-state index in [2.05, 4.69) is 15.5 Å². The summed E-state index contributed by atoms with van der Waals surface area (Å²) < 4.78 is 15.1. The van der Waals surface area contributed by atoms with Crippen molar-refractivity contribution in [1.29, 1.82) is 0 Å². The molecule has 6 nitrogen and oxygen atoms in total. The number of carbonyl (C=O) groups excluding carboxylic acids is 1. The normalized spacial score (nSPS) is 10.9. The van der Waals surface area contributed by atoms with Crippen molar-refractivity contribution in [1.82, 2.24) is 19.9 Å². The summed E-state index contributed by atoms with van der Waals surface area (Å²) in [5, 5.41) is 19.7. The summed E-state index contributed by atoms with van der Waals surface area (Å²) in [6.45, 7) is 1.67. The summed E-state index contributed by atoms with van der Waals surface area (Å²) in [7, 11) is 0. The van der Waals surface area contributed by atoms with E-state index in [4.69, 9.17) is 5.11 Å². The van der Waals surface area contributed by atoms with Crippen molar-refractivity contribution < 1.29 is 14.3 Å². The number of aromatic nitrogens is 3. The number of hydrogen-bond acceptors (Lipinski definition) is 4. The van der Waals surface area contributed by atoms with E-state index in [9.17, 15) is 9.18 Å². The molecule has 7 heteroatoms. The average Bonchev–Trinajstić information content (AvgIpc) is 2.94. The molecule has 0 saturated heterocycles. The van der Waals surface area contributed by atoms with Crippen molar-refractivity contribution in [3.8, 4) is 0 Å². The maximum atomic E-state index is 13.3. The van der Waals surface area contributed by atoms with E-state index < -0.39 is 5.82 Å². The van der Waals surface area contributed by atoms with E-state index in [-0.39, 0.29) is 24.6 Å². The van der Waals surface area contributed by atoms with Crippen LogP contribution in [0.4, 0.5) is 4.39 Å². The molecular weight excluding hydrogens is 299 g/mol. The highest BCUT2D eigenvalue weighted by molar-refractivity contribution is 5.94. The Morgan fingerprint density at radius 3 is 2.91 bits per heavy atom. The van der Waals surface area contributed by atoms with E-state index in [0.29, 0.717) is 22.6 Å². The lowest BCUT2D eigenvalue weighted by Crippen LogP contribution is -2.23. The zero-order chi connectivity index (χ0) is 16.4. The zero-order valence-corrected chi connectivity index (χ0v) is 12.5. The topological polar surface area (TPSA) is 79.5 Å². The maximum Gasteiger partial charge on any atom is 0.253 e. The summed E-state index contributed by atoms with van der Waals surface area (Å²) in [6, 6.07) is 7.77. The van der Waals surface area contributed by atoms with Gasteiger partial charge in [-0.15, -0.1) is 10.2 Å². The van der Waals surface area contributed by atoms with Crippen LogP contribution in [-0.2, 0) is 13.2 Å². The first kappa shape index (κ1) is 15.1. The largest absolute Gasteiger partial charge is 0.392 e. The van der Waals surface area contributed by atoms with Gasteiger partial charge >= 0.3 is 0 Å². The lowest BCUT2D eigenvalue weighted by molar-refractivity contribution is 0.0950. The number of pyridine rings is 1. The molecule has 0 saturated carbocycles. The lowest BCUT2D eigenvalue weighted by atomic mass is 10.1. The highest BCUT2D eigenvalue weighted by Gasteiger charge is 2.09. The van der Waals surface area contributed by atoms with Crippen LogP contribution in [0.15, 0.2) is 36.5 Å². The SMILES string of the molecule is Cc1nnc2ccc(C(=O)NCc3ccc(F)c(CO)c3)cn12. The number of nitrogens with one attached hydrogen (secondary N) is 1. The molecule has 0 aliphatic carbocycles. The fourth-order valence-electron chi connectivity index (χ4n) is 2.28. The summed E-state index contributed by atoms with van der Waals surface area (Å²) in [4.78, 5) is 12.2. The van der Waals surface area contributed by atoms with Crippen LogP contribution in [0.1, 0.15) is 27.3 Å². The molecule has 118 valence electrons. The quantitative estimate of drug-likeness (QED) is 0.766. The van der Waals surface area contributed by atoms with Gasteiger partial charge in [-0.05, 0) is 36.8 Å². The number of halogens is 1. The molecule has 0 spiro atoms. The number of rotatable bonds is 4. The minimum Gasteiger partial charge on any atom is -0.392 e. The Morgan fingerprint density at radius 1 is 1.30 bits per heavy atom. The number of amides is 1. The molecular formula is C16H15FN4O2. The van der Waals surface area contributed by atoms with Crippen LogP contribution in [0.25, 0.3) is 5.65 Å². The number of benzene rings is 1. The average molecular weight is 314 g/mol. The Labute approximate surface area is 131 Å². The Balaban J connectivity index is 1.74. The molecule has 2 N–H and O–H groups in total. The molecule has 3 rings (SSSR count). The van der Waals surface area contributed by atoms with Gasteiger partial charge in [-0.3, -0.25) is 9.20 Å². The van der Waals surface area contributed by atoms with Crippen molar-refractivity contribution in [2.45, 2.75) is 20.1 Å². The van der Waals surface area contributed by atoms with Crippen LogP contribution in [0.3, 0.4) is 0 Å². The molecule has 0 aliphatic rings. The van der Waals surface area contributed by atoms with Gasteiger partial charge in [0.1, 0.15) is 11.6 Å². The minimum absolute atomic E-state index is 0.207. The fourth-order valence-corrected chi connectivity index (χ4v) is 2.28. The molecule has 0 aliphatic heterocycles. The van der Waals surface area contributed by atoms with Crippen molar-refractivity contribution in [2.75, 3.05) is 0 Å². The molecule has 2 aromatic heterocycles. The Hall–Kier alpha value is -2.80. The van der Waals surface area contributed by atoms with Crippen LogP contribution in [0, 0.1) is 12.7 Å². The first-order chi connectivity index (χ1) is 11.1. The second-order valence-electron chi connectivity index (χ2n) is 5.16. The zero-order valence-electron chi connectivity index (χ0n) is 12.5. The van der Waals surface area contributed by atoms with E-state index >= 15 is 0 Å². The molecule has 1 amide bonds. The number of aliphatic hydroxyl groups is 1. The third-order valence-electron chi connectivity index (χ3n) is 3.57. The van der Waals surface area contributed by atoms with Crippen molar-refractivity contribution in [3.05, 3.63) is 64.9 Å². The standard InChI is InChI=1S/C16H15FN4O2/c1-10-19-20-15-5-3-12(8-21(10)15)16(23)18-7-11-2-4-14(17)13(6-11)9-22/h2-6,8,22H,7,9H2,1H3,(H,18,23). The third kappa shape index (κ3) is 3.04. The van der Waals surface area contributed by atoms with Gasteiger partial charge in [0.15, 0.2) is 5.65 Å². The monoisotopic (exact) mass is 314 g/mol. The van der Waals surface area contributed by atoms with Crippen LogP contribution in [-0.4, -0.2) is 25.6 Å². The second-order valence-corrected chi connectivity index (χ2v) is 5.16. The number of nitrogens with zero attached hydrogens (tertiary/aromatic N) is 3. The molecule has 0 unspecified atom stereocenters. The van der Waals surface area contributed by atoms with Gasteiger partial charge in [-0.1, -0.05) is 6.07 Å². The Morgan fingerprint density at radius 2 is 2.13 bits per heavy atom. The highest BCUT2D eigenvalue weighted by atomic mass is 19.1. The van der Waals surface area contributed by atoms with E-state index in [1.807, 2.05) is 0 Å². The number of aliphatic hydroxyl groups excluding tert-OH is 1. The van der Waals surface area contributed by atoms with Crippen LogP contribution >= 0.6 is 0 Å². The van der Waals surface area contributed by atoms with Crippen molar-refractivity contribution in [2.24, 2.45) is 0 Å². The predicted octanol–water partition coefficient (Wildman–Crippen LogP) is 1.60. The smallest absolute Gasteiger partial charge is 0.253 e. The van der Waals surface area contributed by atoms with Crippen molar-refractivity contribution >= 4 is 11.6 Å². The maximum absolute atomic E-state index is 13.3. The fraction of sp³-hybridized carbons (Fsp3) is 0.188. The number of fused-ring (bicyclic) bond motifs is 1. The van der Waals surface area contributed by atoms with Gasteiger partial charge in [0.25, 0.3) is 5.91 Å². The molecule has 3 aromatic rings. The van der Waals surface area contributed by atoms with Gasteiger partial charge in [0, 0.05) is 18.3 Å². The number of aryl methyl sites for hydroxylation is 1. The van der Waals surface area contributed by atoms with Crippen LogP contribution in [0.5, 0.6) is 0 Å². The Kier molecular flexibility index (Phi) is 4.03. The van der Waals surface area contributed by atoms with Gasteiger partial charge in [-0.25, -0.2) is 4.39 Å². The third-order valence-corrected chi connectivity index (χ3v) is 3.57. The molecule has 0 radical (unpaired) electrons. The number of hydrogen-bond donors (Lipinski definition) is 2. The summed E-state index contributed by atoms with van der Waals surface area (Å²) >= 11 is 0. The highest BCUT2D eigenvalue weighted by Crippen LogP contribution is 2.11. The van der Waals surface area contributed by atoms with E-state index in [1.165, 1.54) is 12.1 Å². The summed E-state index contributed by atoms with van der Waals surface area (Å²) in [5.41, 5.74) is 2.07. The Bertz CT molecular complexity index is 876. The predicted molar refractivity (Wildman–Crippen MR) is 81.2 cm³/mol. The molecule has 0 atom stereocenters. The minimum atomic E-state index is -0.462. The van der Waals surface area contributed by atoms with Gasteiger partial charge in [-0.2, -0.15) is 0 Å². The van der Waals surface area contributed by atoms with Gasteiger partial charge < -0.3 is 10.4 Å².